The Hall–Kier alpha value is -1.31. The molecule has 1 saturated carbocycles. The Morgan fingerprint density at radius 1 is 1.50 bits per heavy atom. The minimum absolute atomic E-state index is 0.242. The number of pyridine rings is 1. The van der Waals surface area contributed by atoms with Gasteiger partial charge in [-0.1, -0.05) is 18.0 Å². The first-order valence-corrected chi connectivity index (χ1v) is 6.53. The highest BCUT2D eigenvalue weighted by molar-refractivity contribution is 6.34. The second-order valence-corrected chi connectivity index (χ2v) is 5.03. The Morgan fingerprint density at radius 2 is 2.28 bits per heavy atom. The van der Waals surface area contributed by atoms with Gasteiger partial charge in [0.15, 0.2) is 0 Å². The van der Waals surface area contributed by atoms with Gasteiger partial charge in [0.1, 0.15) is 16.9 Å². The van der Waals surface area contributed by atoms with E-state index in [2.05, 4.69) is 10.3 Å². The van der Waals surface area contributed by atoms with Crippen LogP contribution in [-0.2, 0) is 0 Å². The van der Waals surface area contributed by atoms with Crippen LogP contribution in [0.3, 0.4) is 0 Å². The number of halogens is 1. The number of aromatic nitrogens is 1. The molecule has 1 aromatic heterocycles. The Balaban J connectivity index is 2.00. The first-order valence-electron chi connectivity index (χ1n) is 6.15. The molecule has 2 atom stereocenters. The fraction of sp³-hybridized carbons (Fsp3) is 0.538. The van der Waals surface area contributed by atoms with E-state index in [-0.39, 0.29) is 6.61 Å². The van der Waals surface area contributed by atoms with Crippen LogP contribution in [0.5, 0.6) is 0 Å². The molecule has 1 aliphatic rings. The predicted octanol–water partition coefficient (Wildman–Crippen LogP) is 2.43. The van der Waals surface area contributed by atoms with Crippen molar-refractivity contribution in [2.24, 2.45) is 11.8 Å². The lowest BCUT2D eigenvalue weighted by Crippen LogP contribution is -2.21. The highest BCUT2D eigenvalue weighted by Gasteiger charge is 2.26. The molecule has 5 heteroatoms. The highest BCUT2D eigenvalue weighted by Crippen LogP contribution is 2.32. The molecule has 0 spiro atoms. The number of rotatable bonds is 4. The lowest BCUT2D eigenvalue weighted by atomic mass is 9.97. The van der Waals surface area contributed by atoms with E-state index in [1.165, 1.54) is 0 Å². The van der Waals surface area contributed by atoms with Crippen molar-refractivity contribution in [1.29, 1.82) is 5.26 Å². The summed E-state index contributed by atoms with van der Waals surface area (Å²) in [5, 5.41) is 21.7. The van der Waals surface area contributed by atoms with E-state index in [9.17, 15) is 5.11 Å². The van der Waals surface area contributed by atoms with Gasteiger partial charge in [-0.15, -0.1) is 0 Å². The SMILES string of the molecule is N#Cc1ccnc(NCC2CCCC2CO)c1Cl. The fourth-order valence-corrected chi connectivity index (χ4v) is 2.72. The van der Waals surface area contributed by atoms with Gasteiger partial charge in [-0.25, -0.2) is 4.98 Å². The zero-order chi connectivity index (χ0) is 13.0. The number of hydrogen-bond acceptors (Lipinski definition) is 4. The minimum Gasteiger partial charge on any atom is -0.396 e. The van der Waals surface area contributed by atoms with E-state index in [1.807, 2.05) is 6.07 Å². The van der Waals surface area contributed by atoms with E-state index < -0.39 is 0 Å². The van der Waals surface area contributed by atoms with E-state index >= 15 is 0 Å². The van der Waals surface area contributed by atoms with Crippen LogP contribution < -0.4 is 5.32 Å². The number of nitrogens with one attached hydrogen (secondary N) is 1. The van der Waals surface area contributed by atoms with Crippen LogP contribution in [0.2, 0.25) is 5.02 Å². The number of anilines is 1. The van der Waals surface area contributed by atoms with Crippen LogP contribution >= 0.6 is 11.6 Å². The maximum atomic E-state index is 9.26. The molecule has 0 aromatic carbocycles. The van der Waals surface area contributed by atoms with Crippen molar-refractivity contribution in [1.82, 2.24) is 4.98 Å². The molecule has 4 nitrogen and oxygen atoms in total. The lowest BCUT2D eigenvalue weighted by molar-refractivity contribution is 0.199. The Kier molecular flexibility index (Phi) is 4.40. The number of nitriles is 1. The lowest BCUT2D eigenvalue weighted by Gasteiger charge is -2.18. The maximum Gasteiger partial charge on any atom is 0.146 e. The van der Waals surface area contributed by atoms with Crippen LogP contribution in [0.25, 0.3) is 0 Å². The third kappa shape index (κ3) is 2.74. The summed E-state index contributed by atoms with van der Waals surface area (Å²) in [4.78, 5) is 4.14. The second-order valence-electron chi connectivity index (χ2n) is 4.65. The van der Waals surface area contributed by atoms with Crippen molar-refractivity contribution in [3.8, 4) is 6.07 Å². The molecule has 0 bridgehead atoms. The first-order chi connectivity index (χ1) is 8.76. The largest absolute Gasteiger partial charge is 0.396 e. The highest BCUT2D eigenvalue weighted by atomic mass is 35.5. The second kappa shape index (κ2) is 6.03. The maximum absolute atomic E-state index is 9.26. The quantitative estimate of drug-likeness (QED) is 0.877. The van der Waals surface area contributed by atoms with Crippen molar-refractivity contribution >= 4 is 17.4 Å². The van der Waals surface area contributed by atoms with Crippen molar-refractivity contribution in [2.75, 3.05) is 18.5 Å². The van der Waals surface area contributed by atoms with Gasteiger partial charge in [0.05, 0.1) is 5.56 Å². The standard InChI is InChI=1S/C13H16ClN3O/c14-12-9(6-15)4-5-16-13(12)17-7-10-2-1-3-11(10)8-18/h4-5,10-11,18H,1-3,7-8H2,(H,16,17). The topological polar surface area (TPSA) is 68.9 Å². The smallest absolute Gasteiger partial charge is 0.146 e. The van der Waals surface area contributed by atoms with Gasteiger partial charge < -0.3 is 10.4 Å². The van der Waals surface area contributed by atoms with Gasteiger partial charge in [-0.2, -0.15) is 5.26 Å². The Bertz CT molecular complexity index is 458. The summed E-state index contributed by atoms with van der Waals surface area (Å²) >= 11 is 6.07. The molecule has 96 valence electrons. The molecule has 1 aromatic rings. The average Bonchev–Trinajstić information content (AvgIpc) is 2.85. The summed E-state index contributed by atoms with van der Waals surface area (Å²) in [5.74, 6) is 1.38. The molecule has 0 saturated heterocycles. The summed E-state index contributed by atoms with van der Waals surface area (Å²) in [6, 6.07) is 3.63. The van der Waals surface area contributed by atoms with Gasteiger partial charge in [-0.3, -0.25) is 0 Å². The van der Waals surface area contributed by atoms with Gasteiger partial charge in [0.25, 0.3) is 0 Å². The van der Waals surface area contributed by atoms with Crippen LogP contribution in [-0.4, -0.2) is 23.2 Å². The molecule has 0 aliphatic heterocycles. The van der Waals surface area contributed by atoms with E-state index in [4.69, 9.17) is 16.9 Å². The minimum atomic E-state index is 0.242. The van der Waals surface area contributed by atoms with Crippen molar-refractivity contribution < 1.29 is 5.11 Å². The molecular weight excluding hydrogens is 250 g/mol. The normalized spacial score (nSPS) is 22.7. The van der Waals surface area contributed by atoms with Crippen LogP contribution in [0.1, 0.15) is 24.8 Å². The number of hydrogen-bond donors (Lipinski definition) is 2. The molecule has 2 unspecified atom stereocenters. The van der Waals surface area contributed by atoms with Gasteiger partial charge >= 0.3 is 0 Å². The molecule has 1 fully saturated rings. The molecule has 0 amide bonds. The number of aliphatic hydroxyl groups is 1. The first kappa shape index (κ1) is 13.1. The van der Waals surface area contributed by atoms with E-state index in [0.717, 1.165) is 25.8 Å². The third-order valence-corrected chi connectivity index (χ3v) is 3.97. The zero-order valence-corrected chi connectivity index (χ0v) is 10.8. The Morgan fingerprint density at radius 3 is 3.00 bits per heavy atom. The average molecular weight is 266 g/mol. The summed E-state index contributed by atoms with van der Waals surface area (Å²) in [6.07, 6.45) is 4.94. The molecule has 2 N–H and O–H groups in total. The van der Waals surface area contributed by atoms with E-state index in [0.29, 0.717) is 28.2 Å². The molecule has 1 aliphatic carbocycles. The van der Waals surface area contributed by atoms with Gasteiger partial charge in [0.2, 0.25) is 0 Å². The van der Waals surface area contributed by atoms with Crippen molar-refractivity contribution in [3.05, 3.63) is 22.8 Å². The van der Waals surface area contributed by atoms with Crippen molar-refractivity contribution in [3.63, 3.8) is 0 Å². The van der Waals surface area contributed by atoms with Gasteiger partial charge in [-0.05, 0) is 30.7 Å². The summed E-state index contributed by atoms with van der Waals surface area (Å²) < 4.78 is 0. The molecule has 1 heterocycles. The predicted molar refractivity (Wildman–Crippen MR) is 70.4 cm³/mol. The monoisotopic (exact) mass is 265 g/mol. The molecule has 0 radical (unpaired) electrons. The van der Waals surface area contributed by atoms with Gasteiger partial charge in [0, 0.05) is 19.3 Å². The number of aliphatic hydroxyl groups excluding tert-OH is 1. The number of nitrogens with zero attached hydrogens (tertiary/aromatic N) is 2. The summed E-state index contributed by atoms with van der Waals surface area (Å²) in [5.41, 5.74) is 0.430. The van der Waals surface area contributed by atoms with Crippen molar-refractivity contribution in [2.45, 2.75) is 19.3 Å². The zero-order valence-electron chi connectivity index (χ0n) is 10.1. The molecule has 2 rings (SSSR count). The Labute approximate surface area is 112 Å². The van der Waals surface area contributed by atoms with Crippen LogP contribution in [0.4, 0.5) is 5.82 Å². The summed E-state index contributed by atoms with van der Waals surface area (Å²) in [7, 11) is 0. The summed E-state index contributed by atoms with van der Waals surface area (Å²) in [6.45, 7) is 0.985. The van der Waals surface area contributed by atoms with Crippen LogP contribution in [0.15, 0.2) is 12.3 Å². The fourth-order valence-electron chi connectivity index (χ4n) is 2.50. The van der Waals surface area contributed by atoms with E-state index in [1.54, 1.807) is 12.3 Å². The third-order valence-electron chi connectivity index (χ3n) is 3.59. The van der Waals surface area contributed by atoms with Crippen LogP contribution in [0, 0.1) is 23.2 Å². The molecular formula is C13H16ClN3O. The molecule has 18 heavy (non-hydrogen) atoms.